The lowest BCUT2D eigenvalue weighted by Gasteiger charge is -2.28. The van der Waals surface area contributed by atoms with Crippen LogP contribution in [0.25, 0.3) is 10.2 Å². The molecule has 0 saturated carbocycles. The summed E-state index contributed by atoms with van der Waals surface area (Å²) >= 11 is 1.40. The Balaban J connectivity index is 1.26. The van der Waals surface area contributed by atoms with Gasteiger partial charge in [0.2, 0.25) is 11.8 Å². The van der Waals surface area contributed by atoms with Gasteiger partial charge in [-0.3, -0.25) is 19.0 Å². The molecule has 0 bridgehead atoms. The number of nitrogens with zero attached hydrogens (tertiary/aromatic N) is 4. The highest BCUT2D eigenvalue weighted by atomic mass is 32.1. The highest BCUT2D eigenvalue weighted by molar-refractivity contribution is 7.16. The minimum Gasteiger partial charge on any atom is -0.378 e. The van der Waals surface area contributed by atoms with E-state index in [0.717, 1.165) is 18.8 Å². The number of aryl methyl sites for hydroxylation is 1. The SMILES string of the molecule is CN(CC(=O)Nc1ccc(N2CCOCC2)cc1)C(=O)CCn1cnc2sccc2c1=O. The summed E-state index contributed by atoms with van der Waals surface area (Å²) in [6.45, 7) is 3.27. The molecule has 1 saturated heterocycles. The molecular weight excluding hydrogens is 430 g/mol. The molecule has 2 aromatic heterocycles. The van der Waals surface area contributed by atoms with Crippen LogP contribution < -0.4 is 15.8 Å². The molecule has 0 atom stereocenters. The molecule has 0 radical (unpaired) electrons. The molecule has 3 aromatic rings. The van der Waals surface area contributed by atoms with Crippen LogP contribution in [0.2, 0.25) is 0 Å². The first-order valence-corrected chi connectivity index (χ1v) is 11.3. The standard InChI is InChI=1S/C22H25N5O4S/c1-25(20(29)6-8-27-15-23-21-18(22(27)30)7-13-32-21)14-19(28)24-16-2-4-17(5-3-16)26-9-11-31-12-10-26/h2-5,7,13,15H,6,8-12,14H2,1H3,(H,24,28). The predicted octanol–water partition coefficient (Wildman–Crippen LogP) is 1.78. The summed E-state index contributed by atoms with van der Waals surface area (Å²) in [7, 11) is 1.58. The van der Waals surface area contributed by atoms with E-state index in [1.165, 1.54) is 27.1 Å². The number of fused-ring (bicyclic) bond motifs is 1. The van der Waals surface area contributed by atoms with Crippen LogP contribution in [0, 0.1) is 0 Å². The van der Waals surface area contributed by atoms with Crippen LogP contribution in [0.1, 0.15) is 6.42 Å². The quantitative estimate of drug-likeness (QED) is 0.583. The van der Waals surface area contributed by atoms with Crippen molar-refractivity contribution in [2.75, 3.05) is 50.1 Å². The summed E-state index contributed by atoms with van der Waals surface area (Å²) in [4.78, 5) is 45.7. The molecule has 0 aliphatic carbocycles. The maximum absolute atomic E-state index is 12.4. The Morgan fingerprint density at radius 1 is 1.19 bits per heavy atom. The zero-order valence-electron chi connectivity index (χ0n) is 17.8. The zero-order chi connectivity index (χ0) is 22.5. The Labute approximate surface area is 189 Å². The molecule has 4 rings (SSSR count). The molecule has 1 aromatic carbocycles. The van der Waals surface area contributed by atoms with E-state index < -0.39 is 0 Å². The number of nitrogens with one attached hydrogen (secondary N) is 1. The number of ether oxygens (including phenoxy) is 1. The third-order valence-electron chi connectivity index (χ3n) is 5.35. The fraction of sp³-hybridized carbons (Fsp3) is 0.364. The molecular formula is C22H25N5O4S. The van der Waals surface area contributed by atoms with Gasteiger partial charge in [0, 0.05) is 44.5 Å². The first kappa shape index (κ1) is 22.0. The third kappa shape index (κ3) is 5.14. The van der Waals surface area contributed by atoms with Gasteiger partial charge in [-0.1, -0.05) is 0 Å². The number of hydrogen-bond donors (Lipinski definition) is 1. The highest BCUT2D eigenvalue weighted by Crippen LogP contribution is 2.19. The number of benzene rings is 1. The summed E-state index contributed by atoms with van der Waals surface area (Å²) in [5.74, 6) is -0.501. The summed E-state index contributed by atoms with van der Waals surface area (Å²) in [5.41, 5.74) is 1.60. The summed E-state index contributed by atoms with van der Waals surface area (Å²) in [6, 6.07) is 9.37. The Bertz CT molecular complexity index is 1150. The normalized spacial score (nSPS) is 13.8. The summed E-state index contributed by atoms with van der Waals surface area (Å²) in [5, 5.41) is 5.19. The number of carbonyl (C=O) groups is 2. The first-order chi connectivity index (χ1) is 15.5. The fourth-order valence-electron chi connectivity index (χ4n) is 3.54. The Morgan fingerprint density at radius 2 is 1.94 bits per heavy atom. The Morgan fingerprint density at radius 3 is 2.69 bits per heavy atom. The lowest BCUT2D eigenvalue weighted by atomic mass is 10.2. The third-order valence-corrected chi connectivity index (χ3v) is 6.17. The van der Waals surface area contributed by atoms with E-state index in [0.29, 0.717) is 29.1 Å². The van der Waals surface area contributed by atoms with Crippen molar-refractivity contribution in [3.63, 3.8) is 0 Å². The number of likely N-dealkylation sites (N-methyl/N-ethyl adjacent to an activating group) is 1. The summed E-state index contributed by atoms with van der Waals surface area (Å²) in [6.07, 6.45) is 1.57. The highest BCUT2D eigenvalue weighted by Gasteiger charge is 2.15. The van der Waals surface area contributed by atoms with Gasteiger partial charge < -0.3 is 19.9 Å². The van der Waals surface area contributed by atoms with Crippen LogP contribution >= 0.6 is 11.3 Å². The van der Waals surface area contributed by atoms with E-state index in [4.69, 9.17) is 4.74 Å². The molecule has 0 spiro atoms. The van der Waals surface area contributed by atoms with Crippen molar-refractivity contribution in [1.29, 1.82) is 0 Å². The van der Waals surface area contributed by atoms with E-state index in [2.05, 4.69) is 15.2 Å². The van der Waals surface area contributed by atoms with E-state index >= 15 is 0 Å². The average Bonchev–Trinajstić information content (AvgIpc) is 3.29. The van der Waals surface area contributed by atoms with Gasteiger partial charge in [0.15, 0.2) is 0 Å². The van der Waals surface area contributed by atoms with Gasteiger partial charge in [-0.2, -0.15) is 0 Å². The van der Waals surface area contributed by atoms with Crippen molar-refractivity contribution < 1.29 is 14.3 Å². The number of thiophene rings is 1. The van der Waals surface area contributed by atoms with Crippen molar-refractivity contribution in [3.8, 4) is 0 Å². The van der Waals surface area contributed by atoms with Gasteiger partial charge in [-0.05, 0) is 35.7 Å². The van der Waals surface area contributed by atoms with Gasteiger partial charge in [0.1, 0.15) is 4.83 Å². The Kier molecular flexibility index (Phi) is 6.81. The predicted molar refractivity (Wildman–Crippen MR) is 124 cm³/mol. The average molecular weight is 456 g/mol. The van der Waals surface area contributed by atoms with E-state index in [-0.39, 0.29) is 36.9 Å². The number of hydrogen-bond acceptors (Lipinski definition) is 7. The number of anilines is 2. The van der Waals surface area contributed by atoms with Crippen LogP contribution in [-0.2, 0) is 20.9 Å². The van der Waals surface area contributed by atoms with Gasteiger partial charge in [0.05, 0.1) is 31.5 Å². The molecule has 2 amide bonds. The van der Waals surface area contributed by atoms with Crippen LogP contribution in [0.15, 0.2) is 46.8 Å². The van der Waals surface area contributed by atoms with Crippen LogP contribution in [0.5, 0.6) is 0 Å². The molecule has 3 heterocycles. The first-order valence-electron chi connectivity index (χ1n) is 10.4. The van der Waals surface area contributed by atoms with Crippen LogP contribution in [0.3, 0.4) is 0 Å². The minimum absolute atomic E-state index is 0.0687. The van der Waals surface area contributed by atoms with Crippen molar-refractivity contribution >= 4 is 44.7 Å². The van der Waals surface area contributed by atoms with Gasteiger partial charge in [-0.25, -0.2) is 4.98 Å². The molecule has 1 aliphatic heterocycles. The van der Waals surface area contributed by atoms with Gasteiger partial charge >= 0.3 is 0 Å². The molecule has 0 unspecified atom stereocenters. The second-order valence-corrected chi connectivity index (χ2v) is 8.47. The monoisotopic (exact) mass is 455 g/mol. The van der Waals surface area contributed by atoms with Crippen molar-refractivity contribution in [2.24, 2.45) is 0 Å². The lowest BCUT2D eigenvalue weighted by molar-refractivity contribution is -0.133. The van der Waals surface area contributed by atoms with Crippen LogP contribution in [-0.4, -0.2) is 66.2 Å². The maximum atomic E-state index is 12.4. The number of aromatic nitrogens is 2. The number of rotatable bonds is 7. The molecule has 1 aliphatic rings. The fourth-order valence-corrected chi connectivity index (χ4v) is 4.26. The Hall–Kier alpha value is -3.24. The van der Waals surface area contributed by atoms with E-state index in [1.807, 2.05) is 29.6 Å². The van der Waals surface area contributed by atoms with Gasteiger partial charge in [0.25, 0.3) is 5.56 Å². The van der Waals surface area contributed by atoms with Crippen molar-refractivity contribution in [1.82, 2.24) is 14.5 Å². The van der Waals surface area contributed by atoms with E-state index in [1.54, 1.807) is 13.1 Å². The van der Waals surface area contributed by atoms with Crippen molar-refractivity contribution in [3.05, 3.63) is 52.4 Å². The largest absolute Gasteiger partial charge is 0.378 e. The van der Waals surface area contributed by atoms with Crippen LogP contribution in [0.4, 0.5) is 11.4 Å². The van der Waals surface area contributed by atoms with E-state index in [9.17, 15) is 14.4 Å². The summed E-state index contributed by atoms with van der Waals surface area (Å²) < 4.78 is 6.79. The topological polar surface area (TPSA) is 96.8 Å². The number of amides is 2. The zero-order valence-corrected chi connectivity index (χ0v) is 18.6. The molecule has 10 heteroatoms. The second kappa shape index (κ2) is 9.92. The maximum Gasteiger partial charge on any atom is 0.262 e. The van der Waals surface area contributed by atoms with Crippen molar-refractivity contribution in [2.45, 2.75) is 13.0 Å². The molecule has 32 heavy (non-hydrogen) atoms. The molecule has 168 valence electrons. The lowest BCUT2D eigenvalue weighted by Crippen LogP contribution is -2.36. The minimum atomic E-state index is -0.279. The smallest absolute Gasteiger partial charge is 0.262 e. The molecule has 1 fully saturated rings. The molecule has 1 N–H and O–H groups in total. The number of carbonyl (C=O) groups excluding carboxylic acids is 2. The molecule has 9 nitrogen and oxygen atoms in total. The second-order valence-electron chi connectivity index (χ2n) is 7.58. The number of morpholine rings is 1. The van der Waals surface area contributed by atoms with Gasteiger partial charge in [-0.15, -0.1) is 11.3 Å².